The van der Waals surface area contributed by atoms with E-state index in [9.17, 15) is 0 Å². The second-order valence-corrected chi connectivity index (χ2v) is 7.02. The van der Waals surface area contributed by atoms with Gasteiger partial charge in [0.25, 0.3) is 0 Å². The van der Waals surface area contributed by atoms with E-state index >= 15 is 0 Å². The van der Waals surface area contributed by atoms with Crippen LogP contribution in [0, 0.1) is 0 Å². The van der Waals surface area contributed by atoms with Gasteiger partial charge in [0.05, 0.1) is 20.3 Å². The molecule has 0 aliphatic rings. The average Bonchev–Trinajstić information content (AvgIpc) is 2.66. The van der Waals surface area contributed by atoms with Gasteiger partial charge in [0.15, 0.2) is 11.5 Å². The summed E-state index contributed by atoms with van der Waals surface area (Å²) in [5.74, 6) is 2.31. The van der Waals surface area contributed by atoms with Crippen LogP contribution >= 0.6 is 0 Å². The smallest absolute Gasteiger partial charge is 0.203 e. The van der Waals surface area contributed by atoms with Crippen molar-refractivity contribution >= 4 is 0 Å². The molecule has 0 heterocycles. The van der Waals surface area contributed by atoms with Crippen molar-refractivity contribution in [3.63, 3.8) is 0 Å². The Bertz CT molecular complexity index is 409. The van der Waals surface area contributed by atoms with Gasteiger partial charge in [-0.15, -0.1) is 0 Å². The van der Waals surface area contributed by atoms with Crippen LogP contribution in [0.25, 0.3) is 0 Å². The number of unbranched alkanes of at least 4 members (excludes halogenated alkanes) is 10. The van der Waals surface area contributed by atoms with Gasteiger partial charge in [-0.3, -0.25) is 0 Å². The summed E-state index contributed by atoms with van der Waals surface area (Å²) in [6.45, 7) is 5.97. The van der Waals surface area contributed by atoms with E-state index in [1.54, 1.807) is 7.11 Å². The SMILES string of the molecule is CCCCCCCCOc1cccc(OCCCCCCCC)c1OC. The van der Waals surface area contributed by atoms with Crippen LogP contribution in [-0.2, 0) is 0 Å². The first kappa shape index (κ1) is 22.7. The lowest BCUT2D eigenvalue weighted by Gasteiger charge is -2.15. The molecule has 0 unspecified atom stereocenters. The van der Waals surface area contributed by atoms with Crippen LogP contribution in [0.15, 0.2) is 18.2 Å². The minimum atomic E-state index is 0.726. The van der Waals surface area contributed by atoms with Crippen LogP contribution in [0.1, 0.15) is 90.9 Å². The minimum Gasteiger partial charge on any atom is -0.490 e. The lowest BCUT2D eigenvalue weighted by Crippen LogP contribution is -2.03. The third kappa shape index (κ3) is 9.94. The van der Waals surface area contributed by atoms with Crippen LogP contribution in [0.2, 0.25) is 0 Å². The molecule has 0 bridgehead atoms. The molecular weight excluding hydrogens is 324 g/mol. The molecule has 150 valence electrons. The first-order valence-electron chi connectivity index (χ1n) is 10.8. The highest BCUT2D eigenvalue weighted by atomic mass is 16.5. The van der Waals surface area contributed by atoms with E-state index < -0.39 is 0 Å². The van der Waals surface area contributed by atoms with E-state index in [0.717, 1.165) is 43.3 Å². The highest BCUT2D eigenvalue weighted by Gasteiger charge is 2.11. The Morgan fingerprint density at radius 1 is 0.615 bits per heavy atom. The van der Waals surface area contributed by atoms with E-state index in [1.165, 1.54) is 64.2 Å². The Labute approximate surface area is 161 Å². The fraction of sp³-hybridized carbons (Fsp3) is 0.739. The molecule has 0 aromatic heterocycles. The number of hydrogen-bond donors (Lipinski definition) is 0. The quantitative estimate of drug-likeness (QED) is 0.274. The second-order valence-electron chi connectivity index (χ2n) is 7.02. The monoisotopic (exact) mass is 364 g/mol. The molecule has 0 aliphatic heterocycles. The highest BCUT2D eigenvalue weighted by molar-refractivity contribution is 5.51. The van der Waals surface area contributed by atoms with Crippen LogP contribution < -0.4 is 14.2 Å². The molecule has 1 rings (SSSR count). The summed E-state index contributed by atoms with van der Waals surface area (Å²) in [6.07, 6.45) is 15.2. The highest BCUT2D eigenvalue weighted by Crippen LogP contribution is 2.37. The lowest BCUT2D eigenvalue weighted by atomic mass is 10.1. The Hall–Kier alpha value is -1.38. The molecule has 1 aromatic carbocycles. The molecule has 0 saturated carbocycles. The summed E-state index contributed by atoms with van der Waals surface area (Å²) in [7, 11) is 1.69. The Kier molecular flexibility index (Phi) is 13.8. The molecule has 0 atom stereocenters. The van der Waals surface area contributed by atoms with Crippen molar-refractivity contribution in [1.29, 1.82) is 0 Å². The maximum atomic E-state index is 5.94. The van der Waals surface area contributed by atoms with Crippen molar-refractivity contribution in [2.75, 3.05) is 20.3 Å². The van der Waals surface area contributed by atoms with Gasteiger partial charge in [0.1, 0.15) is 0 Å². The van der Waals surface area contributed by atoms with Crippen molar-refractivity contribution in [2.45, 2.75) is 90.9 Å². The summed E-state index contributed by atoms with van der Waals surface area (Å²) in [5.41, 5.74) is 0. The van der Waals surface area contributed by atoms with Crippen molar-refractivity contribution < 1.29 is 14.2 Å². The van der Waals surface area contributed by atoms with E-state index in [4.69, 9.17) is 14.2 Å². The summed E-state index contributed by atoms with van der Waals surface area (Å²) in [5, 5.41) is 0. The normalized spacial score (nSPS) is 10.7. The topological polar surface area (TPSA) is 27.7 Å². The molecular formula is C23H40O3. The van der Waals surface area contributed by atoms with Crippen LogP contribution in [0.4, 0.5) is 0 Å². The minimum absolute atomic E-state index is 0.726. The Morgan fingerprint density at radius 3 is 1.46 bits per heavy atom. The van der Waals surface area contributed by atoms with E-state index in [1.807, 2.05) is 18.2 Å². The predicted molar refractivity (Wildman–Crippen MR) is 111 cm³/mol. The zero-order chi connectivity index (χ0) is 18.9. The number of para-hydroxylation sites is 1. The van der Waals surface area contributed by atoms with Crippen molar-refractivity contribution in [2.24, 2.45) is 0 Å². The first-order chi connectivity index (χ1) is 12.8. The Balaban J connectivity index is 2.31. The van der Waals surface area contributed by atoms with Gasteiger partial charge in [0, 0.05) is 0 Å². The molecule has 0 N–H and O–H groups in total. The largest absolute Gasteiger partial charge is 0.490 e. The lowest BCUT2D eigenvalue weighted by molar-refractivity contribution is 0.259. The van der Waals surface area contributed by atoms with Gasteiger partial charge in [-0.1, -0.05) is 84.1 Å². The summed E-state index contributed by atoms with van der Waals surface area (Å²) >= 11 is 0. The number of rotatable bonds is 17. The van der Waals surface area contributed by atoms with E-state index in [-0.39, 0.29) is 0 Å². The number of benzene rings is 1. The van der Waals surface area contributed by atoms with Crippen molar-refractivity contribution in [3.05, 3.63) is 18.2 Å². The third-order valence-electron chi connectivity index (χ3n) is 4.66. The third-order valence-corrected chi connectivity index (χ3v) is 4.66. The molecule has 3 nitrogen and oxygen atoms in total. The Morgan fingerprint density at radius 2 is 1.04 bits per heavy atom. The van der Waals surface area contributed by atoms with E-state index in [0.29, 0.717) is 0 Å². The van der Waals surface area contributed by atoms with Gasteiger partial charge in [-0.05, 0) is 25.0 Å². The molecule has 0 spiro atoms. The maximum absolute atomic E-state index is 5.94. The zero-order valence-corrected chi connectivity index (χ0v) is 17.4. The average molecular weight is 365 g/mol. The standard InChI is InChI=1S/C23H40O3/c1-4-6-8-10-12-14-19-25-21-17-16-18-22(23(21)24-3)26-20-15-13-11-9-7-5-2/h16-18H,4-15,19-20H2,1-3H3. The molecule has 0 aliphatic carbocycles. The molecule has 3 heteroatoms. The van der Waals surface area contributed by atoms with Gasteiger partial charge in [-0.25, -0.2) is 0 Å². The molecule has 0 saturated heterocycles. The second kappa shape index (κ2) is 15.8. The number of ether oxygens (including phenoxy) is 3. The van der Waals surface area contributed by atoms with Crippen molar-refractivity contribution in [3.8, 4) is 17.2 Å². The van der Waals surface area contributed by atoms with Gasteiger partial charge in [-0.2, -0.15) is 0 Å². The molecule has 0 radical (unpaired) electrons. The van der Waals surface area contributed by atoms with Crippen LogP contribution in [-0.4, -0.2) is 20.3 Å². The number of hydrogen-bond acceptors (Lipinski definition) is 3. The number of methoxy groups -OCH3 is 1. The molecule has 0 amide bonds. The maximum Gasteiger partial charge on any atom is 0.203 e. The van der Waals surface area contributed by atoms with Crippen LogP contribution in [0.5, 0.6) is 17.2 Å². The fourth-order valence-corrected chi connectivity index (χ4v) is 3.05. The van der Waals surface area contributed by atoms with Gasteiger partial charge in [0.2, 0.25) is 5.75 Å². The van der Waals surface area contributed by atoms with Gasteiger partial charge >= 0.3 is 0 Å². The summed E-state index contributed by atoms with van der Waals surface area (Å²) in [4.78, 5) is 0. The summed E-state index contributed by atoms with van der Waals surface area (Å²) < 4.78 is 17.4. The first-order valence-corrected chi connectivity index (χ1v) is 10.8. The van der Waals surface area contributed by atoms with Gasteiger partial charge < -0.3 is 14.2 Å². The molecule has 0 fully saturated rings. The summed E-state index contributed by atoms with van der Waals surface area (Å²) in [6, 6.07) is 5.91. The predicted octanol–water partition coefficient (Wildman–Crippen LogP) is 7.17. The fourth-order valence-electron chi connectivity index (χ4n) is 3.05. The van der Waals surface area contributed by atoms with Crippen molar-refractivity contribution in [1.82, 2.24) is 0 Å². The van der Waals surface area contributed by atoms with Crippen LogP contribution in [0.3, 0.4) is 0 Å². The molecule has 1 aromatic rings. The zero-order valence-electron chi connectivity index (χ0n) is 17.4. The molecule has 26 heavy (non-hydrogen) atoms. The van der Waals surface area contributed by atoms with E-state index in [2.05, 4.69) is 13.8 Å².